The predicted molar refractivity (Wildman–Crippen MR) is 84.6 cm³/mol. The summed E-state index contributed by atoms with van der Waals surface area (Å²) in [6.45, 7) is 5.72. The van der Waals surface area contributed by atoms with Gasteiger partial charge in [0.05, 0.1) is 0 Å². The first kappa shape index (κ1) is 17.9. The molecule has 0 aliphatic rings. The molecule has 0 amide bonds. The molecule has 0 heterocycles. The summed E-state index contributed by atoms with van der Waals surface area (Å²) in [7, 11) is 0. The van der Waals surface area contributed by atoms with E-state index in [0.717, 1.165) is 11.6 Å². The number of nitrogens with one attached hydrogen (secondary N) is 1. The highest BCUT2D eigenvalue weighted by molar-refractivity contribution is 5.79. The second-order valence-electron chi connectivity index (χ2n) is 5.92. The maximum absolute atomic E-state index is 12.3. The van der Waals surface area contributed by atoms with Crippen LogP contribution in [0.1, 0.15) is 26.3 Å². The summed E-state index contributed by atoms with van der Waals surface area (Å²) in [5.74, 6) is -1.36. The first-order valence-corrected chi connectivity index (χ1v) is 7.17. The van der Waals surface area contributed by atoms with Crippen LogP contribution in [-0.2, 0) is 20.7 Å². The minimum absolute atomic E-state index is 0.281. The van der Waals surface area contributed by atoms with Gasteiger partial charge in [-0.15, -0.1) is 0 Å². The van der Waals surface area contributed by atoms with Crippen molar-refractivity contribution in [3.8, 4) is 0 Å². The van der Waals surface area contributed by atoms with E-state index in [9.17, 15) is 9.59 Å². The first-order valence-electron chi connectivity index (χ1n) is 7.17. The number of hydrogen-bond acceptors (Lipinski definition) is 4. The van der Waals surface area contributed by atoms with Gasteiger partial charge < -0.3 is 15.2 Å². The molecule has 1 rings (SSSR count). The topological polar surface area (TPSA) is 75.6 Å². The second-order valence-corrected chi connectivity index (χ2v) is 5.92. The van der Waals surface area contributed by atoms with E-state index in [4.69, 9.17) is 9.84 Å². The van der Waals surface area contributed by atoms with E-state index < -0.39 is 17.6 Å². The number of hydrogen-bond donors (Lipinski definition) is 2. The van der Waals surface area contributed by atoms with Crippen molar-refractivity contribution in [3.05, 3.63) is 48.0 Å². The van der Waals surface area contributed by atoms with Gasteiger partial charge in [0.2, 0.25) is 0 Å². The van der Waals surface area contributed by atoms with Crippen molar-refractivity contribution in [2.75, 3.05) is 6.54 Å². The highest BCUT2D eigenvalue weighted by Gasteiger charge is 2.24. The molecule has 0 radical (unpaired) electrons. The molecule has 0 unspecified atom stereocenters. The molecule has 0 bridgehead atoms. The van der Waals surface area contributed by atoms with Crippen LogP contribution in [-0.4, -0.2) is 35.2 Å². The van der Waals surface area contributed by atoms with Gasteiger partial charge in [-0.1, -0.05) is 36.4 Å². The SMILES string of the molecule is CC(C)(C)OC(=O)[C@H](Cc1ccccc1)NC/C=C/C(=O)O. The van der Waals surface area contributed by atoms with Crippen molar-refractivity contribution >= 4 is 11.9 Å². The molecule has 0 fully saturated rings. The number of ether oxygens (including phenoxy) is 1. The smallest absolute Gasteiger partial charge is 0.328 e. The lowest BCUT2D eigenvalue weighted by atomic mass is 10.1. The molecule has 0 aliphatic heterocycles. The third-order valence-corrected chi connectivity index (χ3v) is 2.72. The van der Waals surface area contributed by atoms with E-state index in [1.807, 2.05) is 51.1 Å². The summed E-state index contributed by atoms with van der Waals surface area (Å²) in [6, 6.07) is 9.07. The number of carbonyl (C=O) groups is 2. The summed E-state index contributed by atoms with van der Waals surface area (Å²) in [5, 5.41) is 11.6. The molecule has 0 saturated carbocycles. The molecule has 0 saturated heterocycles. The van der Waals surface area contributed by atoms with Crippen molar-refractivity contribution in [1.82, 2.24) is 5.32 Å². The van der Waals surface area contributed by atoms with Gasteiger partial charge in [-0.25, -0.2) is 4.79 Å². The van der Waals surface area contributed by atoms with Crippen LogP contribution in [0, 0.1) is 0 Å². The quantitative estimate of drug-likeness (QED) is 0.596. The summed E-state index contributed by atoms with van der Waals surface area (Å²) < 4.78 is 5.41. The Kier molecular flexibility index (Phi) is 6.79. The molecule has 22 heavy (non-hydrogen) atoms. The summed E-state index contributed by atoms with van der Waals surface area (Å²) in [4.78, 5) is 22.7. The Bertz CT molecular complexity index is 517. The fourth-order valence-electron chi connectivity index (χ4n) is 1.83. The highest BCUT2D eigenvalue weighted by atomic mass is 16.6. The zero-order valence-electron chi connectivity index (χ0n) is 13.2. The standard InChI is InChI=1S/C17H23NO4/c1-17(2,3)22-16(21)14(18-11-7-10-15(19)20)12-13-8-5-4-6-9-13/h4-10,14,18H,11-12H2,1-3H3,(H,19,20)/b10-7+/t14-/m0/s1. The summed E-state index contributed by atoms with van der Waals surface area (Å²) in [6.07, 6.45) is 2.99. The van der Waals surface area contributed by atoms with Crippen LogP contribution >= 0.6 is 0 Å². The lowest BCUT2D eigenvalue weighted by Crippen LogP contribution is -2.42. The summed E-state index contributed by atoms with van der Waals surface area (Å²) >= 11 is 0. The number of carboxylic acid groups (broad SMARTS) is 1. The highest BCUT2D eigenvalue weighted by Crippen LogP contribution is 2.11. The van der Waals surface area contributed by atoms with Crippen LogP contribution in [0.15, 0.2) is 42.5 Å². The number of carboxylic acids is 1. The Morgan fingerprint density at radius 1 is 1.27 bits per heavy atom. The maximum atomic E-state index is 12.3. The molecule has 1 aromatic carbocycles. The monoisotopic (exact) mass is 305 g/mol. The van der Waals surface area contributed by atoms with E-state index in [2.05, 4.69) is 5.32 Å². The van der Waals surface area contributed by atoms with Crippen molar-refractivity contribution < 1.29 is 19.4 Å². The van der Waals surface area contributed by atoms with Crippen LogP contribution in [0.25, 0.3) is 0 Å². The molecule has 1 atom stereocenters. The Morgan fingerprint density at radius 2 is 1.91 bits per heavy atom. The van der Waals surface area contributed by atoms with Crippen molar-refractivity contribution in [3.63, 3.8) is 0 Å². The lowest BCUT2D eigenvalue weighted by molar-refractivity contribution is -0.157. The maximum Gasteiger partial charge on any atom is 0.328 e. The molecule has 1 aromatic rings. The van der Waals surface area contributed by atoms with Crippen LogP contribution in [0.5, 0.6) is 0 Å². The molecule has 2 N–H and O–H groups in total. The average Bonchev–Trinajstić information content (AvgIpc) is 2.41. The van der Waals surface area contributed by atoms with E-state index in [1.54, 1.807) is 0 Å². The van der Waals surface area contributed by atoms with Gasteiger partial charge in [0.1, 0.15) is 11.6 Å². The van der Waals surface area contributed by atoms with Gasteiger partial charge in [0.25, 0.3) is 0 Å². The Morgan fingerprint density at radius 3 is 2.45 bits per heavy atom. The molecule has 0 aliphatic carbocycles. The average molecular weight is 305 g/mol. The largest absolute Gasteiger partial charge is 0.478 e. The van der Waals surface area contributed by atoms with Crippen molar-refractivity contribution in [1.29, 1.82) is 0 Å². The van der Waals surface area contributed by atoms with E-state index in [1.165, 1.54) is 6.08 Å². The first-order chi connectivity index (χ1) is 10.3. The summed E-state index contributed by atoms with van der Waals surface area (Å²) in [5.41, 5.74) is 0.443. The van der Waals surface area contributed by atoms with Crippen LogP contribution in [0.4, 0.5) is 0 Å². The zero-order chi connectivity index (χ0) is 16.6. The molecular weight excluding hydrogens is 282 g/mol. The van der Waals surface area contributed by atoms with Gasteiger partial charge in [0.15, 0.2) is 0 Å². The molecule has 0 aromatic heterocycles. The second kappa shape index (κ2) is 8.34. The van der Waals surface area contributed by atoms with Crippen molar-refractivity contribution in [2.24, 2.45) is 0 Å². The number of carbonyl (C=O) groups excluding carboxylic acids is 1. The van der Waals surface area contributed by atoms with E-state index >= 15 is 0 Å². The van der Waals surface area contributed by atoms with Gasteiger partial charge in [0, 0.05) is 12.6 Å². The third kappa shape index (κ3) is 7.59. The number of benzene rings is 1. The molecular formula is C17H23NO4. The molecule has 120 valence electrons. The van der Waals surface area contributed by atoms with Gasteiger partial charge >= 0.3 is 11.9 Å². The molecule has 5 heteroatoms. The van der Waals surface area contributed by atoms with E-state index in [-0.39, 0.29) is 12.5 Å². The minimum atomic E-state index is -1.02. The Hall–Kier alpha value is -2.14. The zero-order valence-corrected chi connectivity index (χ0v) is 13.2. The van der Waals surface area contributed by atoms with Crippen LogP contribution < -0.4 is 5.32 Å². The third-order valence-electron chi connectivity index (χ3n) is 2.72. The molecule has 5 nitrogen and oxygen atoms in total. The van der Waals surface area contributed by atoms with E-state index in [0.29, 0.717) is 6.42 Å². The number of rotatable bonds is 7. The number of aliphatic carboxylic acids is 1. The molecule has 0 spiro atoms. The normalized spacial score (nSPS) is 13.0. The van der Waals surface area contributed by atoms with Crippen LogP contribution in [0.2, 0.25) is 0 Å². The Labute approximate surface area is 131 Å². The predicted octanol–water partition coefficient (Wildman–Crippen LogP) is 2.17. The Balaban J connectivity index is 2.71. The fourth-order valence-corrected chi connectivity index (χ4v) is 1.83. The van der Waals surface area contributed by atoms with Gasteiger partial charge in [-0.2, -0.15) is 0 Å². The van der Waals surface area contributed by atoms with Crippen molar-refractivity contribution in [2.45, 2.75) is 38.8 Å². The lowest BCUT2D eigenvalue weighted by Gasteiger charge is -2.24. The fraction of sp³-hybridized carbons (Fsp3) is 0.412. The number of esters is 1. The van der Waals surface area contributed by atoms with Gasteiger partial charge in [-0.3, -0.25) is 4.79 Å². The minimum Gasteiger partial charge on any atom is -0.478 e. The van der Waals surface area contributed by atoms with Crippen LogP contribution in [0.3, 0.4) is 0 Å². The van der Waals surface area contributed by atoms with Gasteiger partial charge in [-0.05, 0) is 32.8 Å².